The highest BCUT2D eigenvalue weighted by Crippen LogP contribution is 2.53. The quantitative estimate of drug-likeness (QED) is 0.487. The molecule has 2 aromatic rings. The van der Waals surface area contributed by atoms with Gasteiger partial charge in [0, 0.05) is 21.3 Å². The molecule has 0 aliphatic carbocycles. The number of hydrogen-bond donors (Lipinski definition) is 2. The van der Waals surface area contributed by atoms with Crippen LogP contribution in [0.25, 0.3) is 0 Å². The summed E-state index contributed by atoms with van der Waals surface area (Å²) < 4.78 is 11.6. The van der Waals surface area contributed by atoms with Gasteiger partial charge in [-0.05, 0) is 39.0 Å². The van der Waals surface area contributed by atoms with Crippen molar-refractivity contribution in [3.63, 3.8) is 0 Å². The molecule has 7 nitrogen and oxygen atoms in total. The van der Waals surface area contributed by atoms with Crippen molar-refractivity contribution in [1.29, 1.82) is 0 Å². The summed E-state index contributed by atoms with van der Waals surface area (Å²) in [7, 11) is 0. The van der Waals surface area contributed by atoms with E-state index in [1.807, 2.05) is 0 Å². The summed E-state index contributed by atoms with van der Waals surface area (Å²) in [6.07, 6.45) is -0.473. The second-order valence-corrected chi connectivity index (χ2v) is 8.74. The predicted molar refractivity (Wildman–Crippen MR) is 121 cm³/mol. The van der Waals surface area contributed by atoms with Crippen LogP contribution in [-0.4, -0.2) is 23.8 Å². The first-order valence-electron chi connectivity index (χ1n) is 9.99. The Kier molecular flexibility index (Phi) is 5.42. The van der Waals surface area contributed by atoms with Crippen LogP contribution in [0.1, 0.15) is 36.7 Å². The van der Waals surface area contributed by atoms with Gasteiger partial charge in [-0.2, -0.15) is 0 Å². The Morgan fingerprint density at radius 2 is 1.81 bits per heavy atom. The number of rotatable bonds is 4. The smallest absolute Gasteiger partial charge is 0.339 e. The zero-order valence-electron chi connectivity index (χ0n) is 17.7. The Bertz CT molecular complexity index is 1220. The van der Waals surface area contributed by atoms with Crippen LogP contribution >= 0.6 is 15.9 Å². The third-order valence-corrected chi connectivity index (χ3v) is 5.88. The molecule has 164 valence electrons. The number of ether oxygens (including phenoxy) is 2. The monoisotopic (exact) mass is 496 g/mol. The molecule has 8 heteroatoms. The highest BCUT2D eigenvalue weighted by Gasteiger charge is 2.62. The fraction of sp³-hybridized carbons (Fsp3) is 0.208. The van der Waals surface area contributed by atoms with Gasteiger partial charge in [0.15, 0.2) is 11.2 Å². The summed E-state index contributed by atoms with van der Waals surface area (Å²) in [6.45, 7) is 4.91. The zero-order valence-corrected chi connectivity index (χ0v) is 19.3. The fourth-order valence-corrected chi connectivity index (χ4v) is 4.55. The van der Waals surface area contributed by atoms with E-state index in [0.717, 1.165) is 0 Å². The van der Waals surface area contributed by atoms with Gasteiger partial charge < -0.3 is 20.5 Å². The Balaban J connectivity index is 2.06. The number of hydrogen-bond acceptors (Lipinski definition) is 7. The SMILES string of the molecule is CC1=C(C(=O)c2ccccc2)[C@@]2(C(=O)O1)C(C(=O)OC(C)C)=C(N)Nc1ccc(Br)cc12. The minimum Gasteiger partial charge on any atom is -0.459 e. The van der Waals surface area contributed by atoms with Gasteiger partial charge in [-0.3, -0.25) is 4.79 Å². The van der Waals surface area contributed by atoms with Crippen molar-refractivity contribution in [3.8, 4) is 0 Å². The van der Waals surface area contributed by atoms with E-state index >= 15 is 0 Å². The molecule has 0 radical (unpaired) electrons. The van der Waals surface area contributed by atoms with E-state index in [9.17, 15) is 14.4 Å². The number of esters is 2. The lowest BCUT2D eigenvalue weighted by Crippen LogP contribution is -2.48. The molecular formula is C24H21BrN2O5. The van der Waals surface area contributed by atoms with E-state index in [2.05, 4.69) is 21.2 Å². The van der Waals surface area contributed by atoms with Gasteiger partial charge in [-0.1, -0.05) is 46.3 Å². The van der Waals surface area contributed by atoms with Gasteiger partial charge in [-0.15, -0.1) is 0 Å². The topological polar surface area (TPSA) is 108 Å². The lowest BCUT2D eigenvalue weighted by atomic mass is 9.65. The van der Waals surface area contributed by atoms with E-state index in [0.29, 0.717) is 21.3 Å². The number of nitrogens with one attached hydrogen (secondary N) is 1. The number of carbonyl (C=O) groups is 3. The van der Waals surface area contributed by atoms with Gasteiger partial charge in [0.2, 0.25) is 0 Å². The molecule has 0 saturated heterocycles. The molecule has 1 spiro atoms. The first kappa shape index (κ1) is 21.8. The number of fused-ring (bicyclic) bond motifs is 2. The zero-order chi connectivity index (χ0) is 23.2. The van der Waals surface area contributed by atoms with Crippen LogP contribution in [0.4, 0.5) is 5.69 Å². The van der Waals surface area contributed by atoms with Crippen molar-refractivity contribution in [3.05, 3.63) is 86.9 Å². The van der Waals surface area contributed by atoms with Crippen LogP contribution in [0.2, 0.25) is 0 Å². The van der Waals surface area contributed by atoms with Gasteiger partial charge in [0.1, 0.15) is 17.2 Å². The van der Waals surface area contributed by atoms with Gasteiger partial charge in [0.05, 0.1) is 11.7 Å². The Labute approximate surface area is 193 Å². The molecule has 2 aliphatic rings. The number of benzene rings is 2. The van der Waals surface area contributed by atoms with Crippen LogP contribution < -0.4 is 11.1 Å². The summed E-state index contributed by atoms with van der Waals surface area (Å²) in [5, 5.41) is 2.97. The minimum atomic E-state index is -1.88. The third-order valence-electron chi connectivity index (χ3n) is 5.39. The number of allylic oxidation sites excluding steroid dienone is 1. The van der Waals surface area contributed by atoms with Crippen molar-refractivity contribution >= 4 is 39.3 Å². The molecule has 32 heavy (non-hydrogen) atoms. The number of Topliss-reactive ketones (excluding diaryl/α,β-unsaturated/α-hetero) is 1. The van der Waals surface area contributed by atoms with Crippen LogP contribution in [-0.2, 0) is 24.5 Å². The second-order valence-electron chi connectivity index (χ2n) is 7.82. The number of anilines is 1. The van der Waals surface area contributed by atoms with Gasteiger partial charge in [0.25, 0.3) is 0 Å². The van der Waals surface area contributed by atoms with Crippen molar-refractivity contribution < 1.29 is 23.9 Å². The highest BCUT2D eigenvalue weighted by atomic mass is 79.9. The number of halogens is 1. The van der Waals surface area contributed by atoms with E-state index in [1.54, 1.807) is 62.4 Å². The molecule has 2 aromatic carbocycles. The molecule has 1 atom stereocenters. The maximum Gasteiger partial charge on any atom is 0.339 e. The standard InChI is InChI=1S/C24H21BrN2O5/c1-12(2)31-22(29)19-21(26)27-17-10-9-15(25)11-16(17)24(19)18(13(3)32-23(24)30)20(28)14-7-5-4-6-8-14/h4-12,27H,26H2,1-3H3/t24-/m1/s1. The molecule has 3 N–H and O–H groups in total. The van der Waals surface area contributed by atoms with E-state index in [-0.39, 0.29) is 22.7 Å². The third kappa shape index (κ3) is 3.22. The van der Waals surface area contributed by atoms with Crippen LogP contribution in [0.5, 0.6) is 0 Å². The Morgan fingerprint density at radius 3 is 2.47 bits per heavy atom. The lowest BCUT2D eigenvalue weighted by molar-refractivity contribution is -0.148. The molecule has 0 fully saturated rings. The average molecular weight is 497 g/mol. The number of ketones is 1. The van der Waals surface area contributed by atoms with Crippen molar-refractivity contribution in [1.82, 2.24) is 0 Å². The highest BCUT2D eigenvalue weighted by molar-refractivity contribution is 9.10. The molecule has 0 bridgehead atoms. The van der Waals surface area contributed by atoms with E-state index in [4.69, 9.17) is 15.2 Å². The molecule has 0 saturated carbocycles. The molecule has 4 rings (SSSR count). The minimum absolute atomic E-state index is 0.0354. The molecule has 2 aliphatic heterocycles. The van der Waals surface area contributed by atoms with Crippen LogP contribution in [0.3, 0.4) is 0 Å². The largest absolute Gasteiger partial charge is 0.459 e. The maximum atomic E-state index is 13.7. The first-order valence-corrected chi connectivity index (χ1v) is 10.8. The summed E-state index contributed by atoms with van der Waals surface area (Å²) in [5.41, 5.74) is 5.48. The predicted octanol–water partition coefficient (Wildman–Crippen LogP) is 3.95. The normalized spacial score (nSPS) is 19.7. The molecule has 0 unspecified atom stereocenters. The first-order chi connectivity index (χ1) is 15.2. The van der Waals surface area contributed by atoms with Crippen LogP contribution in [0.15, 0.2) is 75.7 Å². The lowest BCUT2D eigenvalue weighted by Gasteiger charge is -2.36. The average Bonchev–Trinajstić information content (AvgIpc) is 2.98. The molecule has 0 aromatic heterocycles. The van der Waals surface area contributed by atoms with Crippen LogP contribution in [0, 0.1) is 0 Å². The summed E-state index contributed by atoms with van der Waals surface area (Å²) in [6, 6.07) is 13.7. The number of cyclic esters (lactones) is 1. The van der Waals surface area contributed by atoms with E-state index < -0.39 is 29.2 Å². The second kappa shape index (κ2) is 7.94. The summed E-state index contributed by atoms with van der Waals surface area (Å²) in [4.78, 5) is 40.6. The fourth-order valence-electron chi connectivity index (χ4n) is 4.18. The Hall–Kier alpha value is -3.39. The van der Waals surface area contributed by atoms with Gasteiger partial charge in [-0.25, -0.2) is 9.59 Å². The van der Waals surface area contributed by atoms with Crippen molar-refractivity contribution in [2.75, 3.05) is 5.32 Å². The number of nitrogens with two attached hydrogens (primary N) is 1. The molecule has 0 amide bonds. The van der Waals surface area contributed by atoms with E-state index in [1.165, 1.54) is 6.92 Å². The number of carbonyl (C=O) groups excluding carboxylic acids is 3. The van der Waals surface area contributed by atoms with Gasteiger partial charge >= 0.3 is 11.9 Å². The van der Waals surface area contributed by atoms with Crippen molar-refractivity contribution in [2.24, 2.45) is 5.73 Å². The Morgan fingerprint density at radius 1 is 1.12 bits per heavy atom. The van der Waals surface area contributed by atoms with Crippen molar-refractivity contribution in [2.45, 2.75) is 32.3 Å². The summed E-state index contributed by atoms with van der Waals surface area (Å²) >= 11 is 3.43. The maximum absolute atomic E-state index is 13.7. The molecule has 2 heterocycles. The molecular weight excluding hydrogens is 476 g/mol. The summed E-state index contributed by atoms with van der Waals surface area (Å²) in [5.74, 6) is -1.99.